The summed E-state index contributed by atoms with van der Waals surface area (Å²) in [5.74, 6) is -0.441. The van der Waals surface area contributed by atoms with E-state index in [-0.39, 0.29) is 5.56 Å². The highest BCUT2D eigenvalue weighted by atomic mass is 19.1. The minimum absolute atomic E-state index is 0.106. The molecule has 2 nitrogen and oxygen atoms in total. The van der Waals surface area contributed by atoms with Gasteiger partial charge in [-0.05, 0) is 31.0 Å². The zero-order valence-electron chi connectivity index (χ0n) is 10.6. The lowest BCUT2D eigenvalue weighted by atomic mass is 9.95. The van der Waals surface area contributed by atoms with Crippen LogP contribution in [-0.4, -0.2) is 6.04 Å². The maximum Gasteiger partial charge on any atom is 0.143 e. The Balaban J connectivity index is 0.000000771. The van der Waals surface area contributed by atoms with Crippen LogP contribution in [0.3, 0.4) is 0 Å². The van der Waals surface area contributed by atoms with Crippen LogP contribution in [0.1, 0.15) is 37.7 Å². The molecule has 1 aliphatic carbocycles. The topological polar surface area (TPSA) is 35.8 Å². The average molecular weight is 246 g/mol. The lowest BCUT2D eigenvalue weighted by molar-refractivity contribution is 0.462. The second kappa shape index (κ2) is 7.50. The summed E-state index contributed by atoms with van der Waals surface area (Å²) in [6, 6.07) is 6.99. The Labute approximate surface area is 108 Å². The number of hydrogen-bond acceptors (Lipinski definition) is 2. The Morgan fingerprint density at radius 1 is 1.22 bits per heavy atom. The van der Waals surface area contributed by atoms with Gasteiger partial charge in [-0.3, -0.25) is 0 Å². The minimum Gasteiger partial charge on any atom is -0.382 e. The molecular weight excluding hydrogens is 227 g/mol. The first-order valence-corrected chi connectivity index (χ1v) is 6.26. The Hall–Kier alpha value is -1.82. The summed E-state index contributed by atoms with van der Waals surface area (Å²) in [7, 11) is 0. The molecule has 1 aromatic rings. The molecule has 1 aliphatic rings. The summed E-state index contributed by atoms with van der Waals surface area (Å²) in [6.07, 6.45) is 6.11. The Bertz CT molecular complexity index is 417. The van der Waals surface area contributed by atoms with E-state index in [0.717, 1.165) is 18.5 Å². The quantitative estimate of drug-likeness (QED) is 0.792. The highest BCUT2D eigenvalue weighted by molar-refractivity contribution is 5.48. The first kappa shape index (κ1) is 14.2. The van der Waals surface area contributed by atoms with Crippen molar-refractivity contribution in [1.29, 1.82) is 5.26 Å². The van der Waals surface area contributed by atoms with Crippen LogP contribution in [0, 0.1) is 17.1 Å². The molecule has 18 heavy (non-hydrogen) atoms. The number of anilines is 1. The van der Waals surface area contributed by atoms with Crippen molar-refractivity contribution in [3.05, 3.63) is 42.7 Å². The Morgan fingerprint density at radius 2 is 1.89 bits per heavy atom. The van der Waals surface area contributed by atoms with Gasteiger partial charge in [0.25, 0.3) is 0 Å². The summed E-state index contributed by atoms with van der Waals surface area (Å²) in [6.45, 7) is 6.00. The van der Waals surface area contributed by atoms with Crippen molar-refractivity contribution in [3.8, 4) is 6.07 Å². The van der Waals surface area contributed by atoms with Gasteiger partial charge in [-0.1, -0.05) is 19.3 Å². The zero-order valence-corrected chi connectivity index (χ0v) is 10.6. The summed E-state index contributed by atoms with van der Waals surface area (Å²) in [5.41, 5.74) is 0.887. The third kappa shape index (κ3) is 3.89. The van der Waals surface area contributed by atoms with Crippen molar-refractivity contribution >= 4 is 5.69 Å². The van der Waals surface area contributed by atoms with E-state index in [1.807, 2.05) is 6.07 Å². The monoisotopic (exact) mass is 246 g/mol. The molecule has 1 saturated carbocycles. The largest absolute Gasteiger partial charge is 0.382 e. The van der Waals surface area contributed by atoms with Crippen molar-refractivity contribution in [3.63, 3.8) is 0 Å². The van der Waals surface area contributed by atoms with Crippen molar-refractivity contribution in [2.45, 2.75) is 38.1 Å². The van der Waals surface area contributed by atoms with Gasteiger partial charge >= 0.3 is 0 Å². The number of hydrogen-bond donors (Lipinski definition) is 1. The summed E-state index contributed by atoms with van der Waals surface area (Å²) < 4.78 is 13.3. The van der Waals surface area contributed by atoms with E-state index in [2.05, 4.69) is 18.5 Å². The fourth-order valence-corrected chi connectivity index (χ4v) is 2.18. The lowest BCUT2D eigenvalue weighted by Crippen LogP contribution is -2.22. The van der Waals surface area contributed by atoms with Gasteiger partial charge in [0.2, 0.25) is 0 Å². The predicted molar refractivity (Wildman–Crippen MR) is 72.9 cm³/mol. The first-order chi connectivity index (χ1) is 8.79. The summed E-state index contributed by atoms with van der Waals surface area (Å²) in [4.78, 5) is 0. The molecule has 1 fully saturated rings. The van der Waals surface area contributed by atoms with Crippen LogP contribution in [0.25, 0.3) is 0 Å². The lowest BCUT2D eigenvalue weighted by Gasteiger charge is -2.23. The molecule has 96 valence electrons. The third-order valence-corrected chi connectivity index (χ3v) is 3.07. The molecule has 0 saturated heterocycles. The number of nitriles is 1. The number of halogens is 1. The van der Waals surface area contributed by atoms with Gasteiger partial charge in [0.05, 0.1) is 5.56 Å². The fourth-order valence-electron chi connectivity index (χ4n) is 2.18. The van der Waals surface area contributed by atoms with Crippen molar-refractivity contribution in [2.75, 3.05) is 5.32 Å². The van der Waals surface area contributed by atoms with E-state index in [0.29, 0.717) is 6.04 Å². The van der Waals surface area contributed by atoms with Crippen LogP contribution in [-0.2, 0) is 0 Å². The molecular formula is C15H19FN2. The van der Waals surface area contributed by atoms with Crippen molar-refractivity contribution < 1.29 is 4.39 Å². The van der Waals surface area contributed by atoms with Gasteiger partial charge in [0, 0.05) is 11.7 Å². The fraction of sp³-hybridized carbons (Fsp3) is 0.400. The molecule has 2 rings (SSSR count). The van der Waals surface area contributed by atoms with Crippen LogP contribution < -0.4 is 5.32 Å². The van der Waals surface area contributed by atoms with Gasteiger partial charge < -0.3 is 5.32 Å². The summed E-state index contributed by atoms with van der Waals surface area (Å²) in [5, 5.41) is 11.9. The number of nitrogens with one attached hydrogen (secondary N) is 1. The second-order valence-corrected chi connectivity index (χ2v) is 4.29. The molecule has 0 heterocycles. The second-order valence-electron chi connectivity index (χ2n) is 4.29. The van der Waals surface area contributed by atoms with E-state index in [1.54, 1.807) is 6.07 Å². The molecule has 1 N–H and O–H groups in total. The summed E-state index contributed by atoms with van der Waals surface area (Å²) >= 11 is 0. The van der Waals surface area contributed by atoms with Gasteiger partial charge in [0.1, 0.15) is 11.9 Å². The van der Waals surface area contributed by atoms with Gasteiger partial charge in [-0.2, -0.15) is 5.26 Å². The number of benzene rings is 1. The third-order valence-electron chi connectivity index (χ3n) is 3.07. The van der Waals surface area contributed by atoms with Gasteiger partial charge in [0.15, 0.2) is 0 Å². The average Bonchev–Trinajstić information content (AvgIpc) is 2.42. The smallest absolute Gasteiger partial charge is 0.143 e. The van der Waals surface area contributed by atoms with Crippen molar-refractivity contribution in [2.24, 2.45) is 0 Å². The van der Waals surface area contributed by atoms with Crippen molar-refractivity contribution in [1.82, 2.24) is 0 Å². The predicted octanol–water partition coefficient (Wildman–Crippen LogP) is 4.24. The van der Waals surface area contributed by atoms with Crippen LogP contribution in [0.2, 0.25) is 0 Å². The van der Waals surface area contributed by atoms with Gasteiger partial charge in [-0.25, -0.2) is 4.39 Å². The van der Waals surface area contributed by atoms with E-state index in [1.165, 1.54) is 31.4 Å². The van der Waals surface area contributed by atoms with Crippen LogP contribution >= 0.6 is 0 Å². The molecule has 1 aromatic carbocycles. The van der Waals surface area contributed by atoms with E-state index in [4.69, 9.17) is 5.26 Å². The number of rotatable bonds is 2. The molecule has 0 bridgehead atoms. The van der Waals surface area contributed by atoms with Crippen LogP contribution in [0.5, 0.6) is 0 Å². The molecule has 0 aromatic heterocycles. The normalized spacial score (nSPS) is 15.1. The SMILES string of the molecule is C=C.N#Cc1ccc(NC2CCCCC2)cc1F. The highest BCUT2D eigenvalue weighted by Crippen LogP contribution is 2.22. The molecule has 0 amide bonds. The highest BCUT2D eigenvalue weighted by Gasteiger charge is 2.13. The number of nitrogens with zero attached hydrogens (tertiary/aromatic N) is 1. The molecule has 0 radical (unpaired) electrons. The van der Waals surface area contributed by atoms with E-state index < -0.39 is 5.82 Å². The minimum atomic E-state index is -0.441. The van der Waals surface area contributed by atoms with Gasteiger partial charge in [-0.15, -0.1) is 13.2 Å². The molecule has 0 spiro atoms. The van der Waals surface area contributed by atoms with E-state index in [9.17, 15) is 4.39 Å². The standard InChI is InChI=1S/C13H15FN2.C2H4/c14-13-8-12(7-6-10(13)9-15)16-11-4-2-1-3-5-11;1-2/h6-8,11,16H,1-5H2;1-2H2. The molecule has 0 aliphatic heterocycles. The maximum absolute atomic E-state index is 13.3. The maximum atomic E-state index is 13.3. The molecule has 0 unspecified atom stereocenters. The first-order valence-electron chi connectivity index (χ1n) is 6.26. The Kier molecular flexibility index (Phi) is 5.93. The van der Waals surface area contributed by atoms with Crippen LogP contribution in [0.15, 0.2) is 31.4 Å². The Morgan fingerprint density at radius 3 is 2.44 bits per heavy atom. The molecule has 3 heteroatoms. The van der Waals surface area contributed by atoms with E-state index >= 15 is 0 Å². The van der Waals surface area contributed by atoms with Crippen LogP contribution in [0.4, 0.5) is 10.1 Å². The zero-order chi connectivity index (χ0) is 13.4. The molecule has 0 atom stereocenters.